The Morgan fingerprint density at radius 1 is 1.32 bits per heavy atom. The van der Waals surface area contributed by atoms with Crippen LogP contribution in [0.25, 0.3) is 0 Å². The lowest BCUT2D eigenvalue weighted by Gasteiger charge is -2.42. The van der Waals surface area contributed by atoms with Gasteiger partial charge in [0.2, 0.25) is 11.8 Å². The SMILES string of the molecule is COc1cccc([C@H]2CCN2C(=O)CN2CC3(CCCC3)CC2=O)c1. The molecule has 5 heteroatoms. The third kappa shape index (κ3) is 3.00. The van der Waals surface area contributed by atoms with Gasteiger partial charge in [0.05, 0.1) is 19.7 Å². The van der Waals surface area contributed by atoms with Crippen LogP contribution in [0.4, 0.5) is 0 Å². The van der Waals surface area contributed by atoms with Gasteiger partial charge in [-0.3, -0.25) is 9.59 Å². The average molecular weight is 342 g/mol. The summed E-state index contributed by atoms with van der Waals surface area (Å²) in [4.78, 5) is 28.8. The molecule has 2 saturated heterocycles. The van der Waals surface area contributed by atoms with Gasteiger partial charge in [-0.1, -0.05) is 25.0 Å². The molecule has 0 unspecified atom stereocenters. The fraction of sp³-hybridized carbons (Fsp3) is 0.600. The number of hydrogen-bond donors (Lipinski definition) is 0. The van der Waals surface area contributed by atoms with Crippen LogP contribution >= 0.6 is 0 Å². The van der Waals surface area contributed by atoms with E-state index in [4.69, 9.17) is 4.74 Å². The highest BCUT2D eigenvalue weighted by molar-refractivity contribution is 5.87. The Morgan fingerprint density at radius 2 is 2.12 bits per heavy atom. The van der Waals surface area contributed by atoms with Gasteiger partial charge in [0, 0.05) is 19.5 Å². The number of nitrogens with zero attached hydrogens (tertiary/aromatic N) is 2. The molecular weight excluding hydrogens is 316 g/mol. The summed E-state index contributed by atoms with van der Waals surface area (Å²) in [6, 6.07) is 8.03. The number of likely N-dealkylation sites (tertiary alicyclic amines) is 2. The predicted molar refractivity (Wildman–Crippen MR) is 94.2 cm³/mol. The van der Waals surface area contributed by atoms with E-state index in [1.54, 1.807) is 12.0 Å². The number of ether oxygens (including phenoxy) is 1. The minimum atomic E-state index is 0.0717. The molecular formula is C20H26N2O3. The molecule has 0 aromatic heterocycles. The van der Waals surface area contributed by atoms with Crippen molar-refractivity contribution in [2.45, 2.75) is 44.6 Å². The van der Waals surface area contributed by atoms with Crippen LogP contribution < -0.4 is 4.74 Å². The van der Waals surface area contributed by atoms with E-state index in [0.717, 1.165) is 43.7 Å². The van der Waals surface area contributed by atoms with Crippen LogP contribution in [0, 0.1) is 5.41 Å². The summed E-state index contributed by atoms with van der Waals surface area (Å²) in [6.45, 7) is 1.78. The fourth-order valence-corrected chi connectivity index (χ4v) is 4.72. The molecule has 3 aliphatic rings. The lowest BCUT2D eigenvalue weighted by atomic mass is 9.85. The van der Waals surface area contributed by atoms with E-state index in [2.05, 4.69) is 0 Å². The number of benzene rings is 1. The molecule has 1 aliphatic carbocycles. The van der Waals surface area contributed by atoms with Crippen LogP contribution in [0.15, 0.2) is 24.3 Å². The summed E-state index contributed by atoms with van der Waals surface area (Å²) in [6.07, 6.45) is 6.33. The van der Waals surface area contributed by atoms with Crippen LogP contribution in [-0.2, 0) is 9.59 Å². The molecule has 0 N–H and O–H groups in total. The lowest BCUT2D eigenvalue weighted by molar-refractivity contribution is -0.144. The van der Waals surface area contributed by atoms with Gasteiger partial charge in [0.1, 0.15) is 5.75 Å². The molecule has 3 fully saturated rings. The zero-order valence-electron chi connectivity index (χ0n) is 14.9. The van der Waals surface area contributed by atoms with Gasteiger partial charge < -0.3 is 14.5 Å². The molecule has 0 bridgehead atoms. The predicted octanol–water partition coefficient (Wildman–Crippen LogP) is 2.76. The van der Waals surface area contributed by atoms with E-state index in [1.165, 1.54) is 12.8 Å². The molecule has 2 aliphatic heterocycles. The number of carbonyl (C=O) groups is 2. The van der Waals surface area contributed by atoms with Crippen molar-refractivity contribution in [3.05, 3.63) is 29.8 Å². The van der Waals surface area contributed by atoms with E-state index in [0.29, 0.717) is 6.42 Å². The molecule has 1 spiro atoms. The number of methoxy groups -OCH3 is 1. The van der Waals surface area contributed by atoms with E-state index < -0.39 is 0 Å². The van der Waals surface area contributed by atoms with Crippen molar-refractivity contribution in [1.29, 1.82) is 0 Å². The lowest BCUT2D eigenvalue weighted by Crippen LogP contribution is -2.49. The van der Waals surface area contributed by atoms with E-state index in [-0.39, 0.29) is 29.8 Å². The van der Waals surface area contributed by atoms with Gasteiger partial charge in [-0.25, -0.2) is 0 Å². The van der Waals surface area contributed by atoms with Crippen molar-refractivity contribution >= 4 is 11.8 Å². The van der Waals surface area contributed by atoms with Crippen molar-refractivity contribution < 1.29 is 14.3 Å². The Balaban J connectivity index is 1.40. The van der Waals surface area contributed by atoms with E-state index >= 15 is 0 Å². The number of rotatable bonds is 4. The van der Waals surface area contributed by atoms with Crippen LogP contribution in [0.1, 0.15) is 50.1 Å². The highest BCUT2D eigenvalue weighted by Gasteiger charge is 2.46. The van der Waals surface area contributed by atoms with Crippen molar-refractivity contribution in [2.75, 3.05) is 26.7 Å². The maximum absolute atomic E-state index is 12.8. The Kier molecular flexibility index (Phi) is 4.18. The molecule has 1 atom stereocenters. The Hall–Kier alpha value is -2.04. The maximum Gasteiger partial charge on any atom is 0.242 e. The summed E-state index contributed by atoms with van der Waals surface area (Å²) < 4.78 is 5.29. The van der Waals surface area contributed by atoms with Crippen LogP contribution in [-0.4, -0.2) is 48.4 Å². The zero-order valence-corrected chi connectivity index (χ0v) is 14.9. The minimum absolute atomic E-state index is 0.0717. The molecule has 25 heavy (non-hydrogen) atoms. The van der Waals surface area contributed by atoms with Crippen LogP contribution in [0.3, 0.4) is 0 Å². The highest BCUT2D eigenvalue weighted by Crippen LogP contribution is 2.46. The topological polar surface area (TPSA) is 49.9 Å². The van der Waals surface area contributed by atoms with Crippen molar-refractivity contribution in [3.63, 3.8) is 0 Å². The van der Waals surface area contributed by atoms with Crippen LogP contribution in [0.5, 0.6) is 5.75 Å². The molecule has 1 saturated carbocycles. The summed E-state index contributed by atoms with van der Waals surface area (Å²) in [5, 5.41) is 0. The van der Waals surface area contributed by atoms with Gasteiger partial charge in [0.15, 0.2) is 0 Å². The normalized spacial score (nSPS) is 24.7. The molecule has 134 valence electrons. The third-order valence-electron chi connectivity index (χ3n) is 6.21. The highest BCUT2D eigenvalue weighted by atomic mass is 16.5. The first kappa shape index (κ1) is 16.4. The van der Waals surface area contributed by atoms with E-state index in [9.17, 15) is 9.59 Å². The number of amides is 2. The Bertz CT molecular complexity index is 681. The molecule has 4 rings (SSSR count). The maximum atomic E-state index is 12.8. The second kappa shape index (κ2) is 6.36. The summed E-state index contributed by atoms with van der Waals surface area (Å²) in [7, 11) is 1.65. The molecule has 2 amide bonds. The van der Waals surface area contributed by atoms with Gasteiger partial charge in [-0.15, -0.1) is 0 Å². The molecule has 2 heterocycles. The summed E-state index contributed by atoms with van der Waals surface area (Å²) >= 11 is 0. The first-order valence-electron chi connectivity index (χ1n) is 9.31. The molecule has 1 aromatic carbocycles. The minimum Gasteiger partial charge on any atom is -0.497 e. The van der Waals surface area contributed by atoms with E-state index in [1.807, 2.05) is 29.2 Å². The van der Waals surface area contributed by atoms with Gasteiger partial charge in [-0.05, 0) is 42.4 Å². The van der Waals surface area contributed by atoms with Crippen LogP contribution in [0.2, 0.25) is 0 Å². The Morgan fingerprint density at radius 3 is 2.80 bits per heavy atom. The smallest absolute Gasteiger partial charge is 0.242 e. The standard InChI is InChI=1S/C20H26N2O3/c1-25-16-6-4-5-15(11-16)17-7-10-22(17)19(24)13-21-14-20(12-18(21)23)8-2-3-9-20/h4-6,11,17H,2-3,7-10,12-14H2,1H3/t17-/m1/s1. The second-order valence-corrected chi connectivity index (χ2v) is 7.80. The summed E-state index contributed by atoms with van der Waals surface area (Å²) in [5.74, 6) is 1.05. The number of hydrogen-bond acceptors (Lipinski definition) is 3. The first-order valence-corrected chi connectivity index (χ1v) is 9.31. The zero-order chi connectivity index (χ0) is 17.4. The molecule has 5 nitrogen and oxygen atoms in total. The molecule has 1 aromatic rings. The van der Waals surface area contributed by atoms with Gasteiger partial charge in [0.25, 0.3) is 0 Å². The van der Waals surface area contributed by atoms with Crippen molar-refractivity contribution in [3.8, 4) is 5.75 Å². The number of carbonyl (C=O) groups excluding carboxylic acids is 2. The third-order valence-corrected chi connectivity index (χ3v) is 6.21. The average Bonchev–Trinajstić information content (AvgIpc) is 3.13. The first-order chi connectivity index (χ1) is 12.1. The fourth-order valence-electron chi connectivity index (χ4n) is 4.72. The second-order valence-electron chi connectivity index (χ2n) is 7.80. The molecule has 0 radical (unpaired) electrons. The van der Waals surface area contributed by atoms with Crippen molar-refractivity contribution in [1.82, 2.24) is 9.80 Å². The van der Waals surface area contributed by atoms with Gasteiger partial charge in [-0.2, -0.15) is 0 Å². The van der Waals surface area contributed by atoms with Gasteiger partial charge >= 0.3 is 0 Å². The Labute approximate surface area is 148 Å². The van der Waals surface area contributed by atoms with Crippen molar-refractivity contribution in [2.24, 2.45) is 5.41 Å². The summed E-state index contributed by atoms with van der Waals surface area (Å²) in [5.41, 5.74) is 1.28. The quantitative estimate of drug-likeness (QED) is 0.845. The monoisotopic (exact) mass is 342 g/mol. The largest absolute Gasteiger partial charge is 0.497 e.